The highest BCUT2D eigenvalue weighted by Crippen LogP contribution is 2.43. The Morgan fingerprint density at radius 1 is 1.22 bits per heavy atom. The smallest absolute Gasteiger partial charge is 0.307 e. The molecule has 0 bridgehead atoms. The average molecular weight is 383 g/mol. The van der Waals surface area contributed by atoms with Gasteiger partial charge in [0.1, 0.15) is 0 Å². The van der Waals surface area contributed by atoms with Gasteiger partial charge in [-0.05, 0) is 60.9 Å². The first-order chi connectivity index (χ1) is 14.3. The molecule has 1 N–H and O–H groups in total. The molecule has 3 heterocycles. The van der Waals surface area contributed by atoms with Crippen molar-refractivity contribution in [3.8, 4) is 11.1 Å². The minimum absolute atomic E-state index is 0.0942. The SMILES string of the molecule is [2H]C([2H])([2H])n1c(=O)sc2cc(-c3cncc4c3CCCC43CCCC(=O)N3)ccc21. The molecule has 1 aromatic carbocycles. The lowest BCUT2D eigenvalue weighted by atomic mass is 9.71. The van der Waals surface area contributed by atoms with Crippen LogP contribution in [0.1, 0.15) is 47.3 Å². The van der Waals surface area contributed by atoms with Crippen molar-refractivity contribution in [1.82, 2.24) is 14.9 Å². The van der Waals surface area contributed by atoms with Gasteiger partial charge in [-0.15, -0.1) is 0 Å². The molecule has 1 fully saturated rings. The monoisotopic (exact) mass is 382 g/mol. The largest absolute Gasteiger partial charge is 0.347 e. The fourth-order valence-electron chi connectivity index (χ4n) is 4.64. The number of benzene rings is 1. The molecule has 1 atom stereocenters. The van der Waals surface area contributed by atoms with E-state index in [9.17, 15) is 9.59 Å². The molecule has 3 aromatic rings. The Balaban J connectivity index is 1.65. The summed E-state index contributed by atoms with van der Waals surface area (Å²) in [6.07, 6.45) is 8.86. The van der Waals surface area contributed by atoms with E-state index in [0.29, 0.717) is 16.6 Å². The molecule has 0 saturated carbocycles. The topological polar surface area (TPSA) is 64.0 Å². The predicted octanol–water partition coefficient (Wildman–Crippen LogP) is 3.49. The predicted molar refractivity (Wildman–Crippen MR) is 107 cm³/mol. The van der Waals surface area contributed by atoms with E-state index in [1.54, 1.807) is 6.07 Å². The Bertz CT molecular complexity index is 1230. The summed E-state index contributed by atoms with van der Waals surface area (Å²) < 4.78 is 24.4. The lowest BCUT2D eigenvalue weighted by Gasteiger charge is -2.43. The number of nitrogens with zero attached hydrogens (tertiary/aromatic N) is 2. The fraction of sp³-hybridized carbons (Fsp3) is 0.381. The van der Waals surface area contributed by atoms with Crippen molar-refractivity contribution in [3.05, 3.63) is 51.4 Å². The molecule has 138 valence electrons. The summed E-state index contributed by atoms with van der Waals surface area (Å²) in [5.74, 6) is 0.0942. The number of aryl methyl sites for hydroxylation is 1. The molecule has 1 aliphatic heterocycles. The van der Waals surface area contributed by atoms with Crippen molar-refractivity contribution < 1.29 is 8.91 Å². The van der Waals surface area contributed by atoms with E-state index in [-0.39, 0.29) is 11.4 Å². The van der Waals surface area contributed by atoms with Crippen LogP contribution in [0.3, 0.4) is 0 Å². The number of hydrogen-bond donors (Lipinski definition) is 1. The minimum Gasteiger partial charge on any atom is -0.347 e. The quantitative estimate of drug-likeness (QED) is 0.701. The first-order valence-electron chi connectivity index (χ1n) is 10.7. The van der Waals surface area contributed by atoms with Crippen LogP contribution in [0.4, 0.5) is 0 Å². The van der Waals surface area contributed by atoms with Gasteiger partial charge in [-0.2, -0.15) is 0 Å². The summed E-state index contributed by atoms with van der Waals surface area (Å²) in [5.41, 5.74) is 4.24. The second-order valence-corrected chi connectivity index (χ2v) is 8.43. The van der Waals surface area contributed by atoms with Crippen molar-refractivity contribution in [3.63, 3.8) is 0 Å². The molecular formula is C21H21N3O2S. The zero-order chi connectivity index (χ0) is 21.1. The highest BCUT2D eigenvalue weighted by atomic mass is 32.1. The molecule has 2 aromatic heterocycles. The van der Waals surface area contributed by atoms with Gasteiger partial charge in [-0.3, -0.25) is 14.6 Å². The zero-order valence-electron chi connectivity index (χ0n) is 17.7. The maximum atomic E-state index is 12.3. The number of hydrogen-bond acceptors (Lipinski definition) is 4. The third-order valence-corrected chi connectivity index (χ3v) is 6.79. The number of piperidine rings is 1. The summed E-state index contributed by atoms with van der Waals surface area (Å²) in [5, 5.41) is 3.24. The van der Waals surface area contributed by atoms with Crippen molar-refractivity contribution >= 4 is 27.5 Å². The van der Waals surface area contributed by atoms with Crippen LogP contribution in [-0.4, -0.2) is 15.5 Å². The van der Waals surface area contributed by atoms with Crippen LogP contribution in [0.5, 0.6) is 0 Å². The van der Waals surface area contributed by atoms with Crippen LogP contribution in [-0.2, 0) is 23.7 Å². The van der Waals surface area contributed by atoms with Gasteiger partial charge < -0.3 is 9.88 Å². The molecule has 5 nitrogen and oxygen atoms in total. The standard InChI is InChI=1S/C21H21N3O2S/c1-24-17-7-6-13(10-18(17)27-20(24)26)15-11-22-12-16-14(15)4-2-8-21(16)9-3-5-19(25)23-21/h6-7,10-12H,2-5,8-9H2,1H3,(H,23,25)/i1D3. The molecule has 1 unspecified atom stereocenters. The van der Waals surface area contributed by atoms with Gasteiger partial charge in [-0.25, -0.2) is 0 Å². The molecule has 5 rings (SSSR count). The number of carbonyl (C=O) groups is 1. The van der Waals surface area contributed by atoms with Gasteiger partial charge in [0.2, 0.25) is 5.91 Å². The Morgan fingerprint density at radius 2 is 2.07 bits per heavy atom. The summed E-state index contributed by atoms with van der Waals surface area (Å²) in [6, 6.07) is 5.44. The number of fused-ring (bicyclic) bond motifs is 3. The highest BCUT2D eigenvalue weighted by molar-refractivity contribution is 7.16. The second kappa shape index (κ2) is 6.02. The second-order valence-electron chi connectivity index (χ2n) is 7.44. The molecule has 1 spiro atoms. The van der Waals surface area contributed by atoms with Gasteiger partial charge in [-0.1, -0.05) is 17.4 Å². The van der Waals surface area contributed by atoms with Crippen LogP contribution in [0, 0.1) is 0 Å². The maximum Gasteiger partial charge on any atom is 0.307 e. The van der Waals surface area contributed by atoms with Crippen molar-refractivity contribution in [2.45, 2.75) is 44.1 Å². The van der Waals surface area contributed by atoms with Crippen LogP contribution in [0.15, 0.2) is 35.4 Å². The summed E-state index contributed by atoms with van der Waals surface area (Å²) in [6.45, 7) is -2.50. The molecule has 2 aliphatic rings. The Hall–Kier alpha value is -2.47. The van der Waals surface area contributed by atoms with Gasteiger partial charge in [0.05, 0.1) is 15.8 Å². The Kier molecular flexibility index (Phi) is 3.05. The van der Waals surface area contributed by atoms with Crippen LogP contribution >= 0.6 is 11.3 Å². The Morgan fingerprint density at radius 3 is 2.89 bits per heavy atom. The molecule has 1 saturated heterocycles. The molecule has 1 amide bonds. The van der Waals surface area contributed by atoms with E-state index in [0.717, 1.165) is 64.7 Å². The molecule has 1 aliphatic carbocycles. The van der Waals surface area contributed by atoms with Gasteiger partial charge in [0.25, 0.3) is 0 Å². The molecular weight excluding hydrogens is 358 g/mol. The van der Waals surface area contributed by atoms with Crippen molar-refractivity contribution in [1.29, 1.82) is 0 Å². The average Bonchev–Trinajstić information content (AvgIpc) is 3.03. The number of amides is 1. The van der Waals surface area contributed by atoms with E-state index >= 15 is 0 Å². The first kappa shape index (κ1) is 13.7. The summed E-state index contributed by atoms with van der Waals surface area (Å²) in [7, 11) is 0. The van der Waals surface area contributed by atoms with E-state index in [4.69, 9.17) is 4.11 Å². The van der Waals surface area contributed by atoms with Gasteiger partial charge in [0, 0.05) is 35.5 Å². The van der Waals surface area contributed by atoms with Crippen LogP contribution in [0.2, 0.25) is 0 Å². The van der Waals surface area contributed by atoms with E-state index in [1.165, 1.54) is 5.56 Å². The van der Waals surface area contributed by atoms with Crippen molar-refractivity contribution in [2.75, 3.05) is 0 Å². The number of carbonyl (C=O) groups excluding carboxylic acids is 1. The number of thiazole rings is 1. The molecule has 6 heteroatoms. The van der Waals surface area contributed by atoms with E-state index < -0.39 is 11.8 Å². The number of aromatic nitrogens is 2. The molecule has 27 heavy (non-hydrogen) atoms. The van der Waals surface area contributed by atoms with E-state index in [1.807, 2.05) is 24.5 Å². The lowest BCUT2D eigenvalue weighted by Crippen LogP contribution is -2.50. The lowest BCUT2D eigenvalue weighted by molar-refractivity contribution is -0.125. The first-order valence-corrected chi connectivity index (χ1v) is 10.0. The van der Waals surface area contributed by atoms with Crippen LogP contribution < -0.4 is 10.2 Å². The maximum absolute atomic E-state index is 12.3. The number of nitrogens with one attached hydrogen (secondary N) is 1. The number of pyridine rings is 1. The van der Waals surface area contributed by atoms with Gasteiger partial charge >= 0.3 is 4.87 Å². The zero-order valence-corrected chi connectivity index (χ0v) is 15.6. The van der Waals surface area contributed by atoms with Crippen LogP contribution in [0.25, 0.3) is 21.3 Å². The third-order valence-electron chi connectivity index (χ3n) is 5.88. The third kappa shape index (κ3) is 2.54. The Labute approximate surface area is 165 Å². The fourth-order valence-corrected chi connectivity index (χ4v) is 5.47. The number of rotatable bonds is 1. The molecule has 0 radical (unpaired) electrons. The normalized spacial score (nSPS) is 24.1. The van der Waals surface area contributed by atoms with E-state index in [2.05, 4.69) is 10.3 Å². The minimum atomic E-state index is -2.50. The van der Waals surface area contributed by atoms with Gasteiger partial charge in [0.15, 0.2) is 0 Å². The summed E-state index contributed by atoms with van der Waals surface area (Å²) >= 11 is 0.944. The highest BCUT2D eigenvalue weighted by Gasteiger charge is 2.40. The summed E-state index contributed by atoms with van der Waals surface area (Å²) in [4.78, 5) is 28.4. The van der Waals surface area contributed by atoms with Crippen molar-refractivity contribution in [2.24, 2.45) is 6.98 Å².